The average molecular weight is 236 g/mol. The Morgan fingerprint density at radius 1 is 1.35 bits per heavy atom. The van der Waals surface area contributed by atoms with Crippen molar-refractivity contribution in [1.82, 2.24) is 4.90 Å². The molecule has 1 unspecified atom stereocenters. The summed E-state index contributed by atoms with van der Waals surface area (Å²) in [7, 11) is 5.85. The van der Waals surface area contributed by atoms with Gasteiger partial charge in [0.1, 0.15) is 5.75 Å². The molecule has 0 fully saturated rings. The van der Waals surface area contributed by atoms with E-state index in [1.807, 2.05) is 0 Å². The quantitative estimate of drug-likeness (QED) is 0.823. The van der Waals surface area contributed by atoms with Crippen molar-refractivity contribution in [3.8, 4) is 5.75 Å². The first-order valence-corrected chi connectivity index (χ1v) is 6.10. The van der Waals surface area contributed by atoms with Crippen molar-refractivity contribution < 1.29 is 4.74 Å². The molecule has 0 spiro atoms. The molecule has 1 rings (SSSR count). The van der Waals surface area contributed by atoms with Gasteiger partial charge in [-0.25, -0.2) is 0 Å². The van der Waals surface area contributed by atoms with E-state index in [9.17, 15) is 0 Å². The van der Waals surface area contributed by atoms with Gasteiger partial charge in [-0.3, -0.25) is 0 Å². The summed E-state index contributed by atoms with van der Waals surface area (Å²) in [4.78, 5) is 2.15. The summed E-state index contributed by atoms with van der Waals surface area (Å²) in [6, 6.07) is 6.43. The molecule has 0 aliphatic carbocycles. The number of ether oxygens (including phenoxy) is 1. The smallest absolute Gasteiger partial charge is 0.123 e. The van der Waals surface area contributed by atoms with Crippen molar-refractivity contribution >= 4 is 0 Å². The van der Waals surface area contributed by atoms with E-state index in [0.717, 1.165) is 25.3 Å². The van der Waals surface area contributed by atoms with Crippen LogP contribution in [-0.4, -0.2) is 32.6 Å². The number of hydrogen-bond acceptors (Lipinski definition) is 3. The minimum Gasteiger partial charge on any atom is -0.496 e. The molecule has 0 bridgehead atoms. The summed E-state index contributed by atoms with van der Waals surface area (Å²) in [6.07, 6.45) is 1.02. The molecule has 0 aliphatic heterocycles. The van der Waals surface area contributed by atoms with Gasteiger partial charge in [-0.15, -0.1) is 0 Å². The van der Waals surface area contributed by atoms with Gasteiger partial charge in [-0.2, -0.15) is 0 Å². The third-order valence-corrected chi connectivity index (χ3v) is 2.96. The standard InChI is InChI=1S/C14H24N2O/c1-11(7-8-15)12-5-6-14(17-4)13(9-12)10-16(2)3/h5-6,9,11H,7-8,10,15H2,1-4H3. The van der Waals surface area contributed by atoms with E-state index in [0.29, 0.717) is 5.92 Å². The summed E-state index contributed by atoms with van der Waals surface area (Å²) >= 11 is 0. The first-order valence-electron chi connectivity index (χ1n) is 6.10. The average Bonchev–Trinajstić information content (AvgIpc) is 2.28. The lowest BCUT2D eigenvalue weighted by molar-refractivity contribution is 0.371. The van der Waals surface area contributed by atoms with Gasteiger partial charge >= 0.3 is 0 Å². The van der Waals surface area contributed by atoms with Crippen molar-refractivity contribution in [2.24, 2.45) is 5.73 Å². The monoisotopic (exact) mass is 236 g/mol. The normalized spacial score (nSPS) is 12.8. The van der Waals surface area contributed by atoms with Gasteiger partial charge in [0.25, 0.3) is 0 Å². The maximum absolute atomic E-state index is 5.61. The van der Waals surface area contributed by atoms with Gasteiger partial charge < -0.3 is 15.4 Å². The predicted molar refractivity (Wildman–Crippen MR) is 72.5 cm³/mol. The van der Waals surface area contributed by atoms with E-state index >= 15 is 0 Å². The fourth-order valence-corrected chi connectivity index (χ4v) is 1.99. The SMILES string of the molecule is COc1ccc(C(C)CCN)cc1CN(C)C. The van der Waals surface area contributed by atoms with Gasteiger partial charge in [0.05, 0.1) is 7.11 Å². The molecule has 0 saturated heterocycles. The van der Waals surface area contributed by atoms with E-state index < -0.39 is 0 Å². The highest BCUT2D eigenvalue weighted by atomic mass is 16.5. The van der Waals surface area contributed by atoms with E-state index in [1.165, 1.54) is 11.1 Å². The molecule has 0 saturated carbocycles. The molecule has 0 amide bonds. The Kier molecular flexibility index (Phi) is 5.45. The lowest BCUT2D eigenvalue weighted by Crippen LogP contribution is -2.12. The second-order valence-electron chi connectivity index (χ2n) is 4.79. The molecule has 0 aromatic heterocycles. The second kappa shape index (κ2) is 6.62. The Morgan fingerprint density at radius 2 is 2.06 bits per heavy atom. The van der Waals surface area contributed by atoms with E-state index in [2.05, 4.69) is 44.1 Å². The van der Waals surface area contributed by atoms with Crippen LogP contribution in [0.3, 0.4) is 0 Å². The first-order chi connectivity index (χ1) is 8.08. The number of rotatable bonds is 6. The fourth-order valence-electron chi connectivity index (χ4n) is 1.99. The third kappa shape index (κ3) is 4.02. The Morgan fingerprint density at radius 3 is 2.59 bits per heavy atom. The number of hydrogen-bond donors (Lipinski definition) is 1. The molecule has 96 valence electrons. The van der Waals surface area contributed by atoms with Crippen molar-refractivity contribution in [2.45, 2.75) is 25.8 Å². The molecule has 3 nitrogen and oxygen atoms in total. The van der Waals surface area contributed by atoms with Gasteiger partial charge in [0.2, 0.25) is 0 Å². The molecule has 1 aromatic rings. The minimum absolute atomic E-state index is 0.506. The van der Waals surface area contributed by atoms with Crippen LogP contribution in [0.25, 0.3) is 0 Å². The van der Waals surface area contributed by atoms with Crippen molar-refractivity contribution in [2.75, 3.05) is 27.7 Å². The maximum atomic E-state index is 5.61. The largest absolute Gasteiger partial charge is 0.496 e. The van der Waals surface area contributed by atoms with Gasteiger partial charge in [-0.1, -0.05) is 19.1 Å². The molecular formula is C14H24N2O. The Labute approximate surface area is 105 Å². The van der Waals surface area contributed by atoms with Gasteiger partial charge in [0, 0.05) is 12.1 Å². The molecule has 2 N–H and O–H groups in total. The van der Waals surface area contributed by atoms with Crippen LogP contribution in [0.5, 0.6) is 5.75 Å². The van der Waals surface area contributed by atoms with E-state index in [-0.39, 0.29) is 0 Å². The lowest BCUT2D eigenvalue weighted by Gasteiger charge is -2.17. The lowest BCUT2D eigenvalue weighted by atomic mass is 9.95. The highest BCUT2D eigenvalue weighted by Gasteiger charge is 2.09. The summed E-state index contributed by atoms with van der Waals surface area (Å²) in [5.74, 6) is 1.47. The Balaban J connectivity index is 2.95. The number of benzene rings is 1. The molecule has 1 aromatic carbocycles. The highest BCUT2D eigenvalue weighted by Crippen LogP contribution is 2.26. The van der Waals surface area contributed by atoms with Crippen LogP contribution in [0.1, 0.15) is 30.4 Å². The molecular weight excluding hydrogens is 212 g/mol. The van der Waals surface area contributed by atoms with Crippen LogP contribution in [-0.2, 0) is 6.54 Å². The molecule has 17 heavy (non-hydrogen) atoms. The highest BCUT2D eigenvalue weighted by molar-refractivity contribution is 5.38. The Bertz CT molecular complexity index is 350. The molecule has 1 atom stereocenters. The summed E-state index contributed by atoms with van der Waals surface area (Å²) in [6.45, 7) is 3.84. The maximum Gasteiger partial charge on any atom is 0.123 e. The summed E-state index contributed by atoms with van der Waals surface area (Å²) < 4.78 is 5.39. The number of nitrogens with zero attached hydrogens (tertiary/aromatic N) is 1. The Hall–Kier alpha value is -1.06. The van der Waals surface area contributed by atoms with Crippen molar-refractivity contribution in [3.63, 3.8) is 0 Å². The molecule has 0 radical (unpaired) electrons. The van der Waals surface area contributed by atoms with Crippen LogP contribution in [0, 0.1) is 0 Å². The summed E-state index contributed by atoms with van der Waals surface area (Å²) in [5, 5.41) is 0. The molecule has 0 aliphatic rings. The third-order valence-electron chi connectivity index (χ3n) is 2.96. The fraction of sp³-hybridized carbons (Fsp3) is 0.571. The van der Waals surface area contributed by atoms with Crippen LogP contribution in [0.15, 0.2) is 18.2 Å². The first kappa shape index (κ1) is 14.0. The van der Waals surface area contributed by atoms with E-state index in [4.69, 9.17) is 10.5 Å². The predicted octanol–water partition coefficient (Wildman–Crippen LogP) is 2.21. The van der Waals surface area contributed by atoms with Gasteiger partial charge in [0.15, 0.2) is 0 Å². The topological polar surface area (TPSA) is 38.5 Å². The van der Waals surface area contributed by atoms with Crippen molar-refractivity contribution in [3.05, 3.63) is 29.3 Å². The van der Waals surface area contributed by atoms with Gasteiger partial charge in [-0.05, 0) is 44.6 Å². The van der Waals surface area contributed by atoms with Crippen LogP contribution >= 0.6 is 0 Å². The number of methoxy groups -OCH3 is 1. The number of nitrogens with two attached hydrogens (primary N) is 1. The zero-order chi connectivity index (χ0) is 12.8. The second-order valence-corrected chi connectivity index (χ2v) is 4.79. The van der Waals surface area contributed by atoms with E-state index in [1.54, 1.807) is 7.11 Å². The molecule has 3 heteroatoms. The van der Waals surface area contributed by atoms with Crippen LogP contribution in [0.2, 0.25) is 0 Å². The minimum atomic E-state index is 0.506. The molecule has 0 heterocycles. The summed E-state index contributed by atoms with van der Waals surface area (Å²) in [5.41, 5.74) is 8.18. The van der Waals surface area contributed by atoms with Crippen LogP contribution in [0.4, 0.5) is 0 Å². The zero-order valence-electron chi connectivity index (χ0n) is 11.4. The van der Waals surface area contributed by atoms with Crippen LogP contribution < -0.4 is 10.5 Å². The zero-order valence-corrected chi connectivity index (χ0v) is 11.4. The van der Waals surface area contributed by atoms with Crippen molar-refractivity contribution in [1.29, 1.82) is 0 Å².